The number of carbonyl (C=O) groups is 2. The summed E-state index contributed by atoms with van der Waals surface area (Å²) in [5.74, 6) is 0.0964. The van der Waals surface area contributed by atoms with Crippen LogP contribution in [0, 0.1) is 17.2 Å². The summed E-state index contributed by atoms with van der Waals surface area (Å²) in [6.45, 7) is 1.44. The smallest absolute Gasteiger partial charge is 0.253 e. The number of nitrogens with zero attached hydrogens (tertiary/aromatic N) is 2. The fourth-order valence-corrected chi connectivity index (χ4v) is 3.38. The summed E-state index contributed by atoms with van der Waals surface area (Å²) in [6, 6.07) is 16.3. The molecule has 132 valence electrons. The molecule has 1 aliphatic heterocycles. The third-order valence-corrected chi connectivity index (χ3v) is 4.90. The van der Waals surface area contributed by atoms with E-state index in [0.29, 0.717) is 22.6 Å². The second-order valence-corrected chi connectivity index (χ2v) is 6.69. The van der Waals surface area contributed by atoms with Gasteiger partial charge in [0.25, 0.3) is 5.91 Å². The molecule has 0 spiro atoms. The number of benzene rings is 2. The Labute approximate surface area is 153 Å². The van der Waals surface area contributed by atoms with Gasteiger partial charge in [-0.3, -0.25) is 9.59 Å². The van der Waals surface area contributed by atoms with Crippen LogP contribution in [0.5, 0.6) is 0 Å². The Balaban J connectivity index is 1.56. The van der Waals surface area contributed by atoms with Crippen molar-refractivity contribution >= 4 is 11.8 Å². The van der Waals surface area contributed by atoms with Crippen LogP contribution < -0.4 is 5.73 Å². The Kier molecular flexibility index (Phi) is 5.33. The van der Waals surface area contributed by atoms with Crippen LogP contribution in [0.25, 0.3) is 0 Å². The fraction of sp³-hybridized carbons (Fsp3) is 0.286. The summed E-state index contributed by atoms with van der Waals surface area (Å²) in [4.78, 5) is 25.6. The molecule has 5 nitrogen and oxygen atoms in total. The number of hydrogen-bond acceptors (Lipinski definition) is 3. The Hall–Kier alpha value is -3.13. The summed E-state index contributed by atoms with van der Waals surface area (Å²) >= 11 is 0. The molecule has 0 aromatic heterocycles. The van der Waals surface area contributed by atoms with Crippen molar-refractivity contribution in [2.75, 3.05) is 13.1 Å². The first kappa shape index (κ1) is 17.7. The largest absolute Gasteiger partial charge is 0.366 e. The lowest BCUT2D eigenvalue weighted by atomic mass is 9.89. The molecule has 5 heteroatoms. The Bertz CT molecular complexity index is 844. The summed E-state index contributed by atoms with van der Waals surface area (Å²) in [7, 11) is 0. The summed E-state index contributed by atoms with van der Waals surface area (Å²) in [5.41, 5.74) is 8.05. The molecule has 2 aromatic carbocycles. The monoisotopic (exact) mass is 347 g/mol. The first-order valence-electron chi connectivity index (χ1n) is 8.75. The molecular formula is C21H21N3O2. The average molecular weight is 347 g/mol. The lowest BCUT2D eigenvalue weighted by Gasteiger charge is -2.32. The molecule has 0 atom stereocenters. The van der Waals surface area contributed by atoms with Crippen LogP contribution in [0.2, 0.25) is 0 Å². The topological polar surface area (TPSA) is 87.2 Å². The van der Waals surface area contributed by atoms with Crippen molar-refractivity contribution in [2.45, 2.75) is 19.3 Å². The number of primary amides is 1. The van der Waals surface area contributed by atoms with Crippen molar-refractivity contribution in [3.8, 4) is 6.07 Å². The van der Waals surface area contributed by atoms with Gasteiger partial charge in [-0.05, 0) is 61.1 Å². The lowest BCUT2D eigenvalue weighted by Crippen LogP contribution is -2.38. The van der Waals surface area contributed by atoms with Crippen molar-refractivity contribution < 1.29 is 9.59 Å². The number of likely N-dealkylation sites (tertiary alicyclic amines) is 1. The van der Waals surface area contributed by atoms with Crippen molar-refractivity contribution in [2.24, 2.45) is 11.7 Å². The third-order valence-electron chi connectivity index (χ3n) is 4.90. The number of amides is 2. The SMILES string of the molecule is N#Cc1cccc(C(=O)N2CCC(Cc3ccc(C(N)=O)cc3)CC2)c1. The van der Waals surface area contributed by atoms with Gasteiger partial charge >= 0.3 is 0 Å². The highest BCUT2D eigenvalue weighted by molar-refractivity contribution is 5.94. The van der Waals surface area contributed by atoms with Gasteiger partial charge in [-0.2, -0.15) is 5.26 Å². The zero-order valence-electron chi connectivity index (χ0n) is 14.5. The molecule has 0 unspecified atom stereocenters. The summed E-state index contributed by atoms with van der Waals surface area (Å²) in [6.07, 6.45) is 2.83. The highest BCUT2D eigenvalue weighted by Gasteiger charge is 2.24. The lowest BCUT2D eigenvalue weighted by molar-refractivity contribution is 0.0690. The van der Waals surface area contributed by atoms with Gasteiger partial charge in [-0.15, -0.1) is 0 Å². The van der Waals surface area contributed by atoms with Crippen LogP contribution in [0.3, 0.4) is 0 Å². The highest BCUT2D eigenvalue weighted by Crippen LogP contribution is 2.23. The number of hydrogen-bond donors (Lipinski definition) is 1. The van der Waals surface area contributed by atoms with E-state index in [1.54, 1.807) is 36.4 Å². The maximum absolute atomic E-state index is 12.6. The molecule has 2 aromatic rings. The predicted molar refractivity (Wildman–Crippen MR) is 98.4 cm³/mol. The summed E-state index contributed by atoms with van der Waals surface area (Å²) < 4.78 is 0. The number of rotatable bonds is 4. The Morgan fingerprint density at radius 1 is 1.08 bits per heavy atom. The molecule has 2 amide bonds. The molecule has 0 aliphatic carbocycles. The normalized spacial score (nSPS) is 14.7. The number of piperidine rings is 1. The minimum Gasteiger partial charge on any atom is -0.366 e. The summed E-state index contributed by atoms with van der Waals surface area (Å²) in [5, 5.41) is 8.98. The van der Waals surface area contributed by atoms with E-state index in [0.717, 1.165) is 32.4 Å². The molecule has 0 radical (unpaired) electrons. The molecule has 1 saturated heterocycles. The number of nitriles is 1. The Morgan fingerprint density at radius 3 is 2.38 bits per heavy atom. The van der Waals surface area contributed by atoms with E-state index in [-0.39, 0.29) is 5.91 Å². The molecule has 0 bridgehead atoms. The van der Waals surface area contributed by atoms with Gasteiger partial charge in [-0.25, -0.2) is 0 Å². The van der Waals surface area contributed by atoms with E-state index >= 15 is 0 Å². The van der Waals surface area contributed by atoms with Crippen LogP contribution in [0.1, 0.15) is 44.7 Å². The van der Waals surface area contributed by atoms with E-state index in [1.807, 2.05) is 17.0 Å². The number of nitrogens with two attached hydrogens (primary N) is 1. The molecule has 3 rings (SSSR count). The molecule has 1 heterocycles. The first-order valence-corrected chi connectivity index (χ1v) is 8.75. The second-order valence-electron chi connectivity index (χ2n) is 6.69. The molecule has 0 saturated carbocycles. The minimum absolute atomic E-state index is 0.00800. The first-order chi connectivity index (χ1) is 12.6. The number of carbonyl (C=O) groups excluding carboxylic acids is 2. The van der Waals surface area contributed by atoms with Crippen LogP contribution in [-0.2, 0) is 6.42 Å². The Morgan fingerprint density at radius 2 is 1.77 bits per heavy atom. The van der Waals surface area contributed by atoms with E-state index in [2.05, 4.69) is 6.07 Å². The van der Waals surface area contributed by atoms with Crippen molar-refractivity contribution in [3.63, 3.8) is 0 Å². The molecule has 26 heavy (non-hydrogen) atoms. The second kappa shape index (κ2) is 7.83. The van der Waals surface area contributed by atoms with Crippen molar-refractivity contribution in [3.05, 3.63) is 70.8 Å². The zero-order valence-corrected chi connectivity index (χ0v) is 14.5. The van der Waals surface area contributed by atoms with Crippen LogP contribution in [-0.4, -0.2) is 29.8 Å². The average Bonchev–Trinajstić information content (AvgIpc) is 2.68. The molecule has 2 N–H and O–H groups in total. The predicted octanol–water partition coefficient (Wildman–Crippen LogP) is 2.75. The van der Waals surface area contributed by atoms with Crippen LogP contribution >= 0.6 is 0 Å². The maximum atomic E-state index is 12.6. The van der Waals surface area contributed by atoms with E-state index in [4.69, 9.17) is 11.0 Å². The fourth-order valence-electron chi connectivity index (χ4n) is 3.38. The van der Waals surface area contributed by atoms with Gasteiger partial charge in [0.05, 0.1) is 11.6 Å². The van der Waals surface area contributed by atoms with E-state index in [1.165, 1.54) is 5.56 Å². The van der Waals surface area contributed by atoms with Gasteiger partial charge in [0, 0.05) is 24.2 Å². The zero-order chi connectivity index (χ0) is 18.5. The van der Waals surface area contributed by atoms with Gasteiger partial charge in [-0.1, -0.05) is 18.2 Å². The van der Waals surface area contributed by atoms with Gasteiger partial charge in [0.1, 0.15) is 0 Å². The van der Waals surface area contributed by atoms with Crippen molar-refractivity contribution in [1.29, 1.82) is 5.26 Å². The van der Waals surface area contributed by atoms with Gasteiger partial charge in [0.15, 0.2) is 0 Å². The van der Waals surface area contributed by atoms with E-state index in [9.17, 15) is 9.59 Å². The molecular weight excluding hydrogens is 326 g/mol. The third kappa shape index (κ3) is 4.09. The van der Waals surface area contributed by atoms with Gasteiger partial charge in [0.2, 0.25) is 5.91 Å². The van der Waals surface area contributed by atoms with Crippen molar-refractivity contribution in [1.82, 2.24) is 4.90 Å². The molecule has 1 fully saturated rings. The quantitative estimate of drug-likeness (QED) is 0.922. The minimum atomic E-state index is -0.413. The van der Waals surface area contributed by atoms with Crippen LogP contribution in [0.4, 0.5) is 0 Å². The maximum Gasteiger partial charge on any atom is 0.253 e. The van der Waals surface area contributed by atoms with Crippen LogP contribution in [0.15, 0.2) is 48.5 Å². The molecule has 1 aliphatic rings. The highest BCUT2D eigenvalue weighted by atomic mass is 16.2. The van der Waals surface area contributed by atoms with Gasteiger partial charge < -0.3 is 10.6 Å². The van der Waals surface area contributed by atoms with E-state index < -0.39 is 5.91 Å². The standard InChI is InChI=1S/C21H21N3O2/c22-14-17-2-1-3-19(13-17)21(26)24-10-8-16(9-11-24)12-15-4-6-18(7-5-15)20(23)25/h1-7,13,16H,8-12H2,(H2,23,25).